The third-order valence-corrected chi connectivity index (χ3v) is 3.03. The zero-order valence-electron chi connectivity index (χ0n) is 7.76. The van der Waals surface area contributed by atoms with Crippen LogP contribution in [0.15, 0.2) is 12.3 Å². The van der Waals surface area contributed by atoms with Gasteiger partial charge in [-0.3, -0.25) is 4.98 Å². The Bertz CT molecular complexity index is 322. The molecule has 0 aromatic carbocycles. The average Bonchev–Trinajstić information content (AvgIpc) is 2.19. The van der Waals surface area contributed by atoms with Gasteiger partial charge in [-0.2, -0.15) is 0 Å². The van der Waals surface area contributed by atoms with E-state index < -0.39 is 0 Å². The minimum atomic E-state index is 0.438. The lowest BCUT2D eigenvalue weighted by molar-refractivity contribution is 0.455. The number of pyridine rings is 1. The van der Waals surface area contributed by atoms with Crippen LogP contribution in [0.2, 0.25) is 10.0 Å². The molecule has 2 nitrogen and oxygen atoms in total. The van der Waals surface area contributed by atoms with Crippen LogP contribution in [0, 0.1) is 0 Å². The summed E-state index contributed by atoms with van der Waals surface area (Å²) < 4.78 is 0. The quantitative estimate of drug-likeness (QED) is 0.803. The van der Waals surface area contributed by atoms with Crippen molar-refractivity contribution in [2.75, 3.05) is 13.1 Å². The van der Waals surface area contributed by atoms with Gasteiger partial charge in [0.15, 0.2) is 0 Å². The second kappa shape index (κ2) is 4.47. The number of aromatic nitrogens is 1. The van der Waals surface area contributed by atoms with Crippen molar-refractivity contribution in [1.82, 2.24) is 10.3 Å². The third-order valence-electron chi connectivity index (χ3n) is 2.52. The number of hydrogen-bond acceptors (Lipinski definition) is 2. The highest BCUT2D eigenvalue weighted by molar-refractivity contribution is 6.34. The fraction of sp³-hybridized carbons (Fsp3) is 0.500. The summed E-state index contributed by atoms with van der Waals surface area (Å²) in [6.45, 7) is 2.07. The molecule has 0 spiro atoms. The Labute approximate surface area is 93.6 Å². The van der Waals surface area contributed by atoms with E-state index in [9.17, 15) is 0 Å². The van der Waals surface area contributed by atoms with Crippen molar-refractivity contribution in [2.45, 2.75) is 18.8 Å². The van der Waals surface area contributed by atoms with Gasteiger partial charge in [-0.25, -0.2) is 0 Å². The van der Waals surface area contributed by atoms with E-state index in [4.69, 9.17) is 23.2 Å². The van der Waals surface area contributed by atoms with E-state index in [1.807, 2.05) is 0 Å². The van der Waals surface area contributed by atoms with E-state index in [2.05, 4.69) is 10.3 Å². The SMILES string of the molecule is Clc1cnc(C2CCCNC2)c(Cl)c1. The predicted molar refractivity (Wildman–Crippen MR) is 59.1 cm³/mol. The van der Waals surface area contributed by atoms with Crippen molar-refractivity contribution in [3.8, 4) is 0 Å². The van der Waals surface area contributed by atoms with Crippen LogP contribution in [0.1, 0.15) is 24.5 Å². The maximum absolute atomic E-state index is 6.09. The maximum atomic E-state index is 6.09. The summed E-state index contributed by atoms with van der Waals surface area (Å²) in [6.07, 6.45) is 4.00. The monoisotopic (exact) mass is 230 g/mol. The molecule has 1 atom stereocenters. The Morgan fingerprint density at radius 2 is 2.29 bits per heavy atom. The number of halogens is 2. The standard InChI is InChI=1S/C10H12Cl2N2/c11-8-4-9(12)10(14-6-8)7-2-1-3-13-5-7/h4,6-7,13H,1-3,5H2. The molecule has 2 rings (SSSR count). The fourth-order valence-electron chi connectivity index (χ4n) is 1.81. The van der Waals surface area contributed by atoms with Crippen molar-refractivity contribution in [3.63, 3.8) is 0 Å². The first-order valence-corrected chi connectivity index (χ1v) is 5.54. The van der Waals surface area contributed by atoms with Crippen molar-refractivity contribution in [3.05, 3.63) is 28.0 Å². The number of nitrogens with zero attached hydrogens (tertiary/aromatic N) is 1. The molecule has 0 radical (unpaired) electrons. The molecule has 1 aromatic rings. The molecule has 0 saturated carbocycles. The van der Waals surface area contributed by atoms with Crippen molar-refractivity contribution in [1.29, 1.82) is 0 Å². The first-order valence-electron chi connectivity index (χ1n) is 4.79. The van der Waals surface area contributed by atoms with Gasteiger partial charge in [0.05, 0.1) is 15.7 Å². The molecule has 1 N–H and O–H groups in total. The molecule has 1 unspecified atom stereocenters. The van der Waals surface area contributed by atoms with E-state index in [1.165, 1.54) is 6.42 Å². The van der Waals surface area contributed by atoms with Crippen LogP contribution in [0.3, 0.4) is 0 Å². The molecule has 76 valence electrons. The molecular weight excluding hydrogens is 219 g/mol. The summed E-state index contributed by atoms with van der Waals surface area (Å²) in [4.78, 5) is 4.30. The maximum Gasteiger partial charge on any atom is 0.0639 e. The fourth-order valence-corrected chi connectivity index (χ4v) is 2.35. The normalized spacial score (nSPS) is 22.3. The average molecular weight is 231 g/mol. The summed E-state index contributed by atoms with van der Waals surface area (Å²) in [5.41, 5.74) is 0.975. The zero-order chi connectivity index (χ0) is 9.97. The first kappa shape index (κ1) is 10.2. The smallest absolute Gasteiger partial charge is 0.0639 e. The molecule has 14 heavy (non-hydrogen) atoms. The van der Waals surface area contributed by atoms with E-state index >= 15 is 0 Å². The Balaban J connectivity index is 2.22. The van der Waals surface area contributed by atoms with Gasteiger partial charge in [-0.1, -0.05) is 23.2 Å². The largest absolute Gasteiger partial charge is 0.316 e. The van der Waals surface area contributed by atoms with Gasteiger partial charge in [0.1, 0.15) is 0 Å². The number of nitrogens with one attached hydrogen (secondary N) is 1. The number of piperidine rings is 1. The van der Waals surface area contributed by atoms with Gasteiger partial charge in [0.2, 0.25) is 0 Å². The first-order chi connectivity index (χ1) is 6.77. The molecule has 1 saturated heterocycles. The highest BCUT2D eigenvalue weighted by atomic mass is 35.5. The van der Waals surface area contributed by atoms with Gasteiger partial charge in [-0.05, 0) is 25.5 Å². The summed E-state index contributed by atoms with van der Waals surface area (Å²) in [5, 5.41) is 4.63. The summed E-state index contributed by atoms with van der Waals surface area (Å²) in [6, 6.07) is 1.76. The van der Waals surface area contributed by atoms with Crippen LogP contribution in [0.25, 0.3) is 0 Å². The van der Waals surface area contributed by atoms with Crippen LogP contribution >= 0.6 is 23.2 Å². The summed E-state index contributed by atoms with van der Waals surface area (Å²) in [5.74, 6) is 0.438. The van der Waals surface area contributed by atoms with Gasteiger partial charge < -0.3 is 5.32 Å². The van der Waals surface area contributed by atoms with Gasteiger partial charge in [-0.15, -0.1) is 0 Å². The van der Waals surface area contributed by atoms with Gasteiger partial charge in [0.25, 0.3) is 0 Å². The van der Waals surface area contributed by atoms with Crippen LogP contribution in [-0.4, -0.2) is 18.1 Å². The van der Waals surface area contributed by atoms with Crippen molar-refractivity contribution in [2.24, 2.45) is 0 Å². The lowest BCUT2D eigenvalue weighted by atomic mass is 9.96. The van der Waals surface area contributed by atoms with Crippen LogP contribution in [0.4, 0.5) is 0 Å². The Morgan fingerprint density at radius 3 is 2.93 bits per heavy atom. The van der Waals surface area contributed by atoms with Crippen LogP contribution in [0.5, 0.6) is 0 Å². The summed E-state index contributed by atoms with van der Waals surface area (Å²) in [7, 11) is 0. The lowest BCUT2D eigenvalue weighted by Crippen LogP contribution is -2.28. The van der Waals surface area contributed by atoms with Crippen LogP contribution < -0.4 is 5.32 Å². The molecule has 1 aromatic heterocycles. The molecule has 1 fully saturated rings. The minimum Gasteiger partial charge on any atom is -0.316 e. The molecule has 0 aliphatic carbocycles. The molecule has 0 amide bonds. The second-order valence-corrected chi connectivity index (χ2v) is 4.41. The number of rotatable bonds is 1. The Morgan fingerprint density at radius 1 is 1.43 bits per heavy atom. The van der Waals surface area contributed by atoms with Crippen molar-refractivity contribution >= 4 is 23.2 Å². The zero-order valence-corrected chi connectivity index (χ0v) is 9.28. The second-order valence-electron chi connectivity index (χ2n) is 3.56. The van der Waals surface area contributed by atoms with E-state index in [-0.39, 0.29) is 0 Å². The molecule has 4 heteroatoms. The van der Waals surface area contributed by atoms with E-state index in [0.29, 0.717) is 16.0 Å². The molecule has 1 aliphatic rings. The Hall–Kier alpha value is -0.310. The lowest BCUT2D eigenvalue weighted by Gasteiger charge is -2.22. The van der Waals surface area contributed by atoms with Gasteiger partial charge >= 0.3 is 0 Å². The molecular formula is C10H12Cl2N2. The molecule has 2 heterocycles. The van der Waals surface area contributed by atoms with E-state index in [0.717, 1.165) is 25.2 Å². The van der Waals surface area contributed by atoms with Crippen molar-refractivity contribution < 1.29 is 0 Å². The predicted octanol–water partition coefficient (Wildman–Crippen LogP) is 2.86. The topological polar surface area (TPSA) is 24.9 Å². The molecule has 1 aliphatic heterocycles. The van der Waals surface area contributed by atoms with Gasteiger partial charge in [0, 0.05) is 18.7 Å². The molecule has 0 bridgehead atoms. The highest BCUT2D eigenvalue weighted by Crippen LogP contribution is 2.28. The Kier molecular flexibility index (Phi) is 3.26. The third kappa shape index (κ3) is 2.19. The van der Waals surface area contributed by atoms with Crippen LogP contribution in [-0.2, 0) is 0 Å². The number of hydrogen-bond donors (Lipinski definition) is 1. The minimum absolute atomic E-state index is 0.438. The summed E-state index contributed by atoms with van der Waals surface area (Å²) >= 11 is 11.9. The van der Waals surface area contributed by atoms with E-state index in [1.54, 1.807) is 12.3 Å². The highest BCUT2D eigenvalue weighted by Gasteiger charge is 2.18.